The van der Waals surface area contributed by atoms with Crippen LogP contribution in [-0.4, -0.2) is 51.7 Å². The van der Waals surface area contributed by atoms with Crippen LogP contribution in [0.3, 0.4) is 0 Å². The van der Waals surface area contributed by atoms with Crippen molar-refractivity contribution in [3.8, 4) is 0 Å². The Morgan fingerprint density at radius 2 is 1.62 bits per heavy atom. The maximum Gasteiger partial charge on any atom is 0.332 e. The van der Waals surface area contributed by atoms with Crippen molar-refractivity contribution in [1.29, 1.82) is 0 Å². The fraction of sp³-hybridized carbons (Fsp3) is 0.947. The van der Waals surface area contributed by atoms with Gasteiger partial charge in [0, 0.05) is 6.61 Å². The minimum atomic E-state index is -0.258. The Hall–Kier alpha value is -0.650. The van der Waals surface area contributed by atoms with Crippen LogP contribution < -0.4 is 0 Å². The molecule has 0 bridgehead atoms. The summed E-state index contributed by atoms with van der Waals surface area (Å²) >= 11 is 0. The molecule has 142 valence electrons. The molecule has 0 N–H and O–H groups in total. The molecule has 0 radical (unpaired) electrons. The van der Waals surface area contributed by atoms with Crippen LogP contribution in [0.1, 0.15) is 53.4 Å². The molecule has 0 aromatic rings. The summed E-state index contributed by atoms with van der Waals surface area (Å²) in [6.45, 7) is 11.5. The summed E-state index contributed by atoms with van der Waals surface area (Å²) < 4.78 is 21.7. The molecule has 1 rings (SSSR count). The highest BCUT2D eigenvalue weighted by Crippen LogP contribution is 2.35. The molecule has 1 saturated carbocycles. The van der Waals surface area contributed by atoms with Gasteiger partial charge in [-0.15, -0.1) is 0 Å². The average molecular weight is 344 g/mol. The van der Waals surface area contributed by atoms with E-state index >= 15 is 0 Å². The molecule has 0 aromatic carbocycles. The minimum Gasteiger partial charge on any atom is -0.460 e. The van der Waals surface area contributed by atoms with Crippen LogP contribution in [-0.2, 0) is 23.7 Å². The monoisotopic (exact) mass is 344 g/mol. The van der Waals surface area contributed by atoms with Gasteiger partial charge in [0.1, 0.15) is 12.7 Å². The van der Waals surface area contributed by atoms with Gasteiger partial charge in [0.25, 0.3) is 0 Å². The zero-order valence-electron chi connectivity index (χ0n) is 15.9. The van der Waals surface area contributed by atoms with Gasteiger partial charge in [-0.1, -0.05) is 34.1 Å². The maximum absolute atomic E-state index is 12.0. The minimum absolute atomic E-state index is 0.00535. The molecule has 1 aliphatic rings. The lowest BCUT2D eigenvalue weighted by Crippen LogP contribution is -2.36. The highest BCUT2D eigenvalue weighted by molar-refractivity contribution is 5.70. The third kappa shape index (κ3) is 9.00. The zero-order chi connectivity index (χ0) is 17.8. The average Bonchev–Trinajstić information content (AvgIpc) is 2.53. The van der Waals surface area contributed by atoms with Gasteiger partial charge < -0.3 is 18.9 Å². The van der Waals surface area contributed by atoms with Crippen molar-refractivity contribution in [3.05, 3.63) is 0 Å². The third-order valence-electron chi connectivity index (χ3n) is 4.56. The standard InChI is InChI=1S/C19H36O5/c1-5-8-21-9-10-22-11-12-23-14-19(20)24-18-13-16(4)6-7-17(18)15(2)3/h15-18H,5-14H2,1-4H3. The van der Waals surface area contributed by atoms with Gasteiger partial charge in [-0.05, 0) is 37.0 Å². The molecule has 5 nitrogen and oxygen atoms in total. The van der Waals surface area contributed by atoms with Gasteiger partial charge in [0.2, 0.25) is 0 Å². The second-order valence-corrected chi connectivity index (χ2v) is 7.13. The van der Waals surface area contributed by atoms with Crippen LogP contribution in [0.15, 0.2) is 0 Å². The van der Waals surface area contributed by atoms with Crippen LogP contribution in [0.4, 0.5) is 0 Å². The largest absolute Gasteiger partial charge is 0.460 e. The lowest BCUT2D eigenvalue weighted by atomic mass is 9.75. The van der Waals surface area contributed by atoms with Crippen molar-refractivity contribution in [2.45, 2.75) is 59.5 Å². The van der Waals surface area contributed by atoms with Crippen molar-refractivity contribution in [2.75, 3.05) is 39.6 Å². The van der Waals surface area contributed by atoms with E-state index < -0.39 is 0 Å². The molecule has 0 saturated heterocycles. The fourth-order valence-corrected chi connectivity index (χ4v) is 3.19. The molecular weight excluding hydrogens is 308 g/mol. The van der Waals surface area contributed by atoms with Crippen LogP contribution in [0.2, 0.25) is 0 Å². The van der Waals surface area contributed by atoms with Gasteiger partial charge in [-0.25, -0.2) is 4.79 Å². The lowest BCUT2D eigenvalue weighted by molar-refractivity contribution is -0.161. The molecule has 0 spiro atoms. The summed E-state index contributed by atoms with van der Waals surface area (Å²) in [6, 6.07) is 0. The summed E-state index contributed by atoms with van der Waals surface area (Å²) in [5, 5.41) is 0. The van der Waals surface area contributed by atoms with Crippen LogP contribution in [0, 0.1) is 17.8 Å². The molecule has 0 aromatic heterocycles. The topological polar surface area (TPSA) is 54.0 Å². The molecule has 0 amide bonds. The summed E-state index contributed by atoms with van der Waals surface area (Å²) in [7, 11) is 0. The molecule has 24 heavy (non-hydrogen) atoms. The first-order valence-corrected chi connectivity index (χ1v) is 9.47. The van der Waals surface area contributed by atoms with E-state index in [-0.39, 0.29) is 18.7 Å². The van der Waals surface area contributed by atoms with E-state index in [2.05, 4.69) is 27.7 Å². The predicted octanol–water partition coefficient (Wildman–Crippen LogP) is 3.45. The summed E-state index contributed by atoms with van der Waals surface area (Å²) in [5.41, 5.74) is 0. The Labute approximate surface area is 147 Å². The first kappa shape index (κ1) is 21.4. The SMILES string of the molecule is CCCOCCOCCOCC(=O)OC1CC(C)CCC1C(C)C. The smallest absolute Gasteiger partial charge is 0.332 e. The fourth-order valence-electron chi connectivity index (χ4n) is 3.19. The van der Waals surface area contributed by atoms with E-state index in [0.717, 1.165) is 25.9 Å². The quantitative estimate of drug-likeness (QED) is 0.401. The van der Waals surface area contributed by atoms with Gasteiger partial charge in [-0.2, -0.15) is 0 Å². The molecule has 1 fully saturated rings. The number of carbonyl (C=O) groups excluding carboxylic acids is 1. The van der Waals surface area contributed by atoms with E-state index in [1.165, 1.54) is 6.42 Å². The van der Waals surface area contributed by atoms with Crippen LogP contribution in [0.5, 0.6) is 0 Å². The van der Waals surface area contributed by atoms with Crippen molar-refractivity contribution in [1.82, 2.24) is 0 Å². The summed E-state index contributed by atoms with van der Waals surface area (Å²) in [4.78, 5) is 12.0. The van der Waals surface area contributed by atoms with Crippen molar-refractivity contribution in [2.24, 2.45) is 17.8 Å². The zero-order valence-corrected chi connectivity index (χ0v) is 15.9. The Morgan fingerprint density at radius 3 is 2.25 bits per heavy atom. The Balaban J connectivity index is 2.10. The second kappa shape index (κ2) is 12.7. The molecule has 0 heterocycles. The van der Waals surface area contributed by atoms with E-state index in [0.29, 0.717) is 44.2 Å². The van der Waals surface area contributed by atoms with Crippen LogP contribution >= 0.6 is 0 Å². The van der Waals surface area contributed by atoms with Crippen molar-refractivity contribution >= 4 is 5.97 Å². The lowest BCUT2D eigenvalue weighted by Gasteiger charge is -2.36. The van der Waals surface area contributed by atoms with Crippen LogP contribution in [0.25, 0.3) is 0 Å². The first-order chi connectivity index (χ1) is 11.5. The number of hydrogen-bond acceptors (Lipinski definition) is 5. The van der Waals surface area contributed by atoms with Crippen molar-refractivity contribution in [3.63, 3.8) is 0 Å². The summed E-state index contributed by atoms with van der Waals surface area (Å²) in [6.07, 6.45) is 4.40. The highest BCUT2D eigenvalue weighted by atomic mass is 16.6. The van der Waals surface area contributed by atoms with Gasteiger partial charge >= 0.3 is 5.97 Å². The van der Waals surface area contributed by atoms with Gasteiger partial charge in [0.15, 0.2) is 0 Å². The van der Waals surface area contributed by atoms with E-state index in [9.17, 15) is 4.79 Å². The number of ether oxygens (including phenoxy) is 4. The number of carbonyl (C=O) groups is 1. The van der Waals surface area contributed by atoms with E-state index in [1.807, 2.05) is 0 Å². The predicted molar refractivity (Wildman–Crippen MR) is 94.0 cm³/mol. The van der Waals surface area contributed by atoms with Gasteiger partial charge in [0.05, 0.1) is 26.4 Å². The van der Waals surface area contributed by atoms with Gasteiger partial charge in [-0.3, -0.25) is 0 Å². The maximum atomic E-state index is 12.0. The first-order valence-electron chi connectivity index (χ1n) is 9.47. The number of rotatable bonds is 12. The highest BCUT2D eigenvalue weighted by Gasteiger charge is 2.33. The molecule has 3 unspecified atom stereocenters. The Bertz CT molecular complexity index is 332. The molecule has 3 atom stereocenters. The van der Waals surface area contributed by atoms with E-state index in [4.69, 9.17) is 18.9 Å². The number of hydrogen-bond donors (Lipinski definition) is 0. The molecule has 0 aliphatic heterocycles. The second-order valence-electron chi connectivity index (χ2n) is 7.13. The summed E-state index contributed by atoms with van der Waals surface area (Å²) in [5.74, 6) is 1.38. The Morgan fingerprint density at radius 1 is 1.00 bits per heavy atom. The molecule has 5 heteroatoms. The molecule has 1 aliphatic carbocycles. The number of esters is 1. The van der Waals surface area contributed by atoms with E-state index in [1.54, 1.807) is 0 Å². The third-order valence-corrected chi connectivity index (χ3v) is 4.56. The van der Waals surface area contributed by atoms with Crippen molar-refractivity contribution < 1.29 is 23.7 Å². The molecular formula is C19H36O5. The normalized spacial score (nSPS) is 24.3. The Kier molecular flexibility index (Phi) is 11.3.